The summed E-state index contributed by atoms with van der Waals surface area (Å²) in [4.78, 5) is 0.972. The van der Waals surface area contributed by atoms with E-state index < -0.39 is 11.9 Å². The van der Waals surface area contributed by atoms with Crippen molar-refractivity contribution in [2.45, 2.75) is 11.0 Å². The van der Waals surface area contributed by atoms with Crippen molar-refractivity contribution >= 4 is 35.0 Å². The summed E-state index contributed by atoms with van der Waals surface area (Å²) < 4.78 is 13.0. The zero-order valence-corrected chi connectivity index (χ0v) is 12.1. The largest absolute Gasteiger partial charge is 0.388 e. The number of hydrogen-bond donors (Lipinski definition) is 1. The fourth-order valence-corrected chi connectivity index (χ4v) is 2.92. The van der Waals surface area contributed by atoms with Crippen LogP contribution in [0.25, 0.3) is 0 Å². The van der Waals surface area contributed by atoms with Gasteiger partial charge in [0.1, 0.15) is 5.82 Å². The molecule has 0 aliphatic carbocycles. The minimum absolute atomic E-state index is 0.0179. The Hall–Kier alpha value is -0.740. The van der Waals surface area contributed by atoms with Crippen LogP contribution >= 0.6 is 35.0 Å². The Morgan fingerprint density at radius 1 is 1.16 bits per heavy atom. The normalized spacial score (nSPS) is 12.4. The smallest absolute Gasteiger partial charge is 0.141 e. The molecule has 1 unspecified atom stereocenters. The van der Waals surface area contributed by atoms with Gasteiger partial charge in [0.25, 0.3) is 0 Å². The van der Waals surface area contributed by atoms with Crippen molar-refractivity contribution in [3.8, 4) is 0 Å². The Morgan fingerprint density at radius 3 is 2.63 bits per heavy atom. The zero-order valence-electron chi connectivity index (χ0n) is 9.82. The molecule has 2 aromatic rings. The third-order valence-electron chi connectivity index (χ3n) is 2.53. The maximum Gasteiger partial charge on any atom is 0.141 e. The van der Waals surface area contributed by atoms with Crippen molar-refractivity contribution in [1.29, 1.82) is 0 Å². The fourth-order valence-electron chi connectivity index (χ4n) is 1.55. The van der Waals surface area contributed by atoms with Crippen molar-refractivity contribution in [3.63, 3.8) is 0 Å². The summed E-state index contributed by atoms with van der Waals surface area (Å²) in [6, 6.07) is 11.6. The highest BCUT2D eigenvalue weighted by Crippen LogP contribution is 2.28. The van der Waals surface area contributed by atoms with Gasteiger partial charge in [-0.3, -0.25) is 0 Å². The van der Waals surface area contributed by atoms with E-state index >= 15 is 0 Å². The molecule has 0 saturated carbocycles. The molecular formula is C14H11Cl2FOS. The predicted octanol–water partition coefficient (Wildman–Crippen LogP) is 4.96. The topological polar surface area (TPSA) is 20.2 Å². The Balaban J connectivity index is 2.01. The van der Waals surface area contributed by atoms with Crippen molar-refractivity contribution in [2.24, 2.45) is 0 Å². The summed E-state index contributed by atoms with van der Waals surface area (Å²) >= 11 is 13.0. The molecule has 0 saturated heterocycles. The highest BCUT2D eigenvalue weighted by atomic mass is 35.5. The van der Waals surface area contributed by atoms with Gasteiger partial charge in [-0.25, -0.2) is 4.39 Å². The van der Waals surface area contributed by atoms with E-state index in [1.54, 1.807) is 6.07 Å². The second kappa shape index (κ2) is 6.62. The molecule has 0 aliphatic rings. The molecule has 1 nitrogen and oxygen atoms in total. The molecule has 2 rings (SSSR count). The van der Waals surface area contributed by atoms with Crippen molar-refractivity contribution in [3.05, 3.63) is 63.9 Å². The van der Waals surface area contributed by atoms with Crippen LogP contribution in [-0.2, 0) is 0 Å². The summed E-state index contributed by atoms with van der Waals surface area (Å²) in [6.07, 6.45) is -0.706. The van der Waals surface area contributed by atoms with Crippen LogP contribution < -0.4 is 0 Å². The third-order valence-corrected chi connectivity index (χ3v) is 4.13. The maximum absolute atomic E-state index is 13.0. The first-order chi connectivity index (χ1) is 9.06. The minimum atomic E-state index is -0.706. The van der Waals surface area contributed by atoms with E-state index in [1.807, 2.05) is 18.2 Å². The summed E-state index contributed by atoms with van der Waals surface area (Å²) in [6.45, 7) is 0. The van der Waals surface area contributed by atoms with E-state index in [1.165, 1.54) is 30.0 Å². The average molecular weight is 317 g/mol. The SMILES string of the molecule is OC(CSc1cccc(Cl)c1)c1ccc(F)c(Cl)c1. The van der Waals surface area contributed by atoms with Crippen LogP contribution in [0, 0.1) is 5.82 Å². The molecule has 0 spiro atoms. The van der Waals surface area contributed by atoms with Gasteiger partial charge in [0.15, 0.2) is 0 Å². The molecular weight excluding hydrogens is 306 g/mol. The summed E-state index contributed by atoms with van der Waals surface area (Å²) in [5, 5.41) is 10.7. The Labute approximate surface area is 125 Å². The predicted molar refractivity (Wildman–Crippen MR) is 78.5 cm³/mol. The molecule has 0 aromatic heterocycles. The van der Waals surface area contributed by atoms with E-state index in [-0.39, 0.29) is 5.02 Å². The van der Waals surface area contributed by atoms with Gasteiger partial charge in [0.05, 0.1) is 11.1 Å². The van der Waals surface area contributed by atoms with Crippen LogP contribution in [0.5, 0.6) is 0 Å². The highest BCUT2D eigenvalue weighted by molar-refractivity contribution is 7.99. The van der Waals surface area contributed by atoms with Gasteiger partial charge >= 0.3 is 0 Å². The van der Waals surface area contributed by atoms with E-state index in [4.69, 9.17) is 23.2 Å². The number of halogens is 3. The standard InChI is InChI=1S/C14H11Cl2FOS/c15-10-2-1-3-11(7-10)19-8-14(18)9-4-5-13(17)12(16)6-9/h1-7,14,18H,8H2. The number of rotatable bonds is 4. The zero-order chi connectivity index (χ0) is 13.8. The molecule has 0 amide bonds. The Morgan fingerprint density at radius 2 is 1.95 bits per heavy atom. The van der Waals surface area contributed by atoms with Crippen LogP contribution in [0.15, 0.2) is 47.4 Å². The fraction of sp³-hybridized carbons (Fsp3) is 0.143. The van der Waals surface area contributed by atoms with Crippen molar-refractivity contribution < 1.29 is 9.50 Å². The molecule has 19 heavy (non-hydrogen) atoms. The Bertz CT molecular complexity index is 577. The first kappa shape index (κ1) is 14.7. The van der Waals surface area contributed by atoms with E-state index in [9.17, 15) is 9.50 Å². The number of benzene rings is 2. The van der Waals surface area contributed by atoms with Gasteiger partial charge < -0.3 is 5.11 Å². The Kier molecular flexibility index (Phi) is 5.11. The monoisotopic (exact) mass is 316 g/mol. The average Bonchev–Trinajstić information content (AvgIpc) is 2.39. The number of thioether (sulfide) groups is 1. The number of hydrogen-bond acceptors (Lipinski definition) is 2. The first-order valence-corrected chi connectivity index (χ1v) is 7.32. The molecule has 0 aliphatic heterocycles. The lowest BCUT2D eigenvalue weighted by Crippen LogP contribution is -2.00. The first-order valence-electron chi connectivity index (χ1n) is 5.57. The second-order valence-corrected chi connectivity index (χ2v) is 5.89. The number of aliphatic hydroxyl groups excluding tert-OH is 1. The quantitative estimate of drug-likeness (QED) is 0.805. The van der Waals surface area contributed by atoms with Gasteiger partial charge in [-0.2, -0.15) is 0 Å². The summed E-state index contributed by atoms with van der Waals surface area (Å²) in [5.74, 6) is -0.0393. The van der Waals surface area contributed by atoms with Crippen LogP contribution in [0.2, 0.25) is 10.0 Å². The van der Waals surface area contributed by atoms with Crippen molar-refractivity contribution in [1.82, 2.24) is 0 Å². The van der Waals surface area contributed by atoms with Crippen LogP contribution in [0.1, 0.15) is 11.7 Å². The molecule has 0 bridgehead atoms. The summed E-state index contributed by atoms with van der Waals surface area (Å²) in [5.41, 5.74) is 0.598. The van der Waals surface area contributed by atoms with Gasteiger partial charge in [-0.1, -0.05) is 35.3 Å². The van der Waals surface area contributed by atoms with Crippen LogP contribution in [0.4, 0.5) is 4.39 Å². The minimum Gasteiger partial charge on any atom is -0.388 e. The lowest BCUT2D eigenvalue weighted by molar-refractivity contribution is 0.204. The number of aliphatic hydroxyl groups is 1. The van der Waals surface area contributed by atoms with Crippen molar-refractivity contribution in [2.75, 3.05) is 5.75 Å². The molecule has 0 fully saturated rings. The molecule has 0 heterocycles. The third kappa shape index (κ3) is 4.11. The molecule has 0 radical (unpaired) electrons. The summed E-state index contributed by atoms with van der Waals surface area (Å²) in [7, 11) is 0. The van der Waals surface area contributed by atoms with Crippen LogP contribution in [0.3, 0.4) is 0 Å². The highest BCUT2D eigenvalue weighted by Gasteiger charge is 2.10. The van der Waals surface area contributed by atoms with E-state index in [0.717, 1.165) is 4.90 Å². The van der Waals surface area contributed by atoms with Gasteiger partial charge in [0, 0.05) is 15.7 Å². The van der Waals surface area contributed by atoms with Gasteiger partial charge in [-0.05, 0) is 35.9 Å². The molecule has 1 atom stereocenters. The lowest BCUT2D eigenvalue weighted by atomic mass is 10.1. The van der Waals surface area contributed by atoms with E-state index in [2.05, 4.69) is 0 Å². The van der Waals surface area contributed by atoms with Gasteiger partial charge in [0.2, 0.25) is 0 Å². The second-order valence-electron chi connectivity index (χ2n) is 3.96. The van der Waals surface area contributed by atoms with Gasteiger partial charge in [-0.15, -0.1) is 11.8 Å². The molecule has 5 heteroatoms. The van der Waals surface area contributed by atoms with Crippen LogP contribution in [-0.4, -0.2) is 10.9 Å². The maximum atomic E-state index is 13.0. The molecule has 2 aromatic carbocycles. The lowest BCUT2D eigenvalue weighted by Gasteiger charge is -2.11. The molecule has 1 N–H and O–H groups in total. The molecule has 100 valence electrons. The van der Waals surface area contributed by atoms with E-state index in [0.29, 0.717) is 16.3 Å².